The lowest BCUT2D eigenvalue weighted by atomic mass is 9.89. The number of hydrogen-bond donors (Lipinski definition) is 0. The summed E-state index contributed by atoms with van der Waals surface area (Å²) in [6.07, 6.45) is 9.13. The van der Waals surface area contributed by atoms with Gasteiger partial charge in [-0.25, -0.2) is 0 Å². The second-order valence-electron chi connectivity index (χ2n) is 3.81. The molecule has 0 saturated heterocycles. The molecule has 0 nitrogen and oxygen atoms in total. The summed E-state index contributed by atoms with van der Waals surface area (Å²) in [7, 11) is 0. The first-order valence-electron chi connectivity index (χ1n) is 5.40. The third-order valence-corrected chi connectivity index (χ3v) is 2.32. The largest absolute Gasteiger partial charge is 0.0853 e. The Morgan fingerprint density at radius 3 is 2.25 bits per heavy atom. The van der Waals surface area contributed by atoms with E-state index in [9.17, 15) is 0 Å². The van der Waals surface area contributed by atoms with Gasteiger partial charge in [-0.15, -0.1) is 0 Å². The number of hydrogen-bond acceptors (Lipinski definition) is 0. The van der Waals surface area contributed by atoms with Crippen molar-refractivity contribution in [1.82, 2.24) is 0 Å². The first kappa shape index (κ1) is 11.7. The molecule has 0 aromatic heterocycles. The van der Waals surface area contributed by atoms with Crippen LogP contribution in [0.25, 0.3) is 0 Å². The molecule has 0 bridgehead atoms. The summed E-state index contributed by atoms with van der Waals surface area (Å²) in [4.78, 5) is 0. The van der Waals surface area contributed by atoms with Crippen molar-refractivity contribution in [1.29, 1.82) is 0 Å². The van der Waals surface area contributed by atoms with E-state index in [-0.39, 0.29) is 0 Å². The van der Waals surface area contributed by atoms with Gasteiger partial charge in [0.15, 0.2) is 0 Å². The lowest BCUT2D eigenvalue weighted by molar-refractivity contribution is 0.456. The quantitative estimate of drug-likeness (QED) is 0.503. The van der Waals surface area contributed by atoms with Crippen molar-refractivity contribution in [3.8, 4) is 0 Å². The van der Waals surface area contributed by atoms with Gasteiger partial charge in [0.05, 0.1) is 0 Å². The lowest BCUT2D eigenvalue weighted by Gasteiger charge is -2.17. The van der Waals surface area contributed by atoms with Crippen LogP contribution < -0.4 is 0 Å². The molecule has 0 heterocycles. The third kappa shape index (κ3) is 5.40. The molecule has 0 amide bonds. The molecular weight excluding hydrogens is 144 g/mol. The van der Waals surface area contributed by atoms with Gasteiger partial charge in [-0.1, -0.05) is 45.3 Å². The number of allylic oxidation sites excluding steroid dienone is 2. The lowest BCUT2D eigenvalue weighted by Crippen LogP contribution is -2.02. The molecule has 1 aliphatic carbocycles. The van der Waals surface area contributed by atoms with E-state index < -0.39 is 0 Å². The molecule has 0 fully saturated rings. The second kappa shape index (κ2) is 7.39. The molecule has 1 aliphatic rings. The molecule has 0 saturated carbocycles. The summed E-state index contributed by atoms with van der Waals surface area (Å²) < 4.78 is 0. The molecule has 72 valence electrons. The molecule has 1 atom stereocenters. The summed E-state index contributed by atoms with van der Waals surface area (Å²) in [5, 5.41) is 0. The molecule has 0 aromatic rings. The van der Waals surface area contributed by atoms with Gasteiger partial charge in [0.1, 0.15) is 0 Å². The summed E-state index contributed by atoms with van der Waals surface area (Å²) >= 11 is 0. The Hall–Kier alpha value is -0.260. The molecular formula is C12H24. The van der Waals surface area contributed by atoms with E-state index in [1.807, 2.05) is 0 Å². The Balaban J connectivity index is 0.000000354. The van der Waals surface area contributed by atoms with Crippen molar-refractivity contribution in [2.24, 2.45) is 5.92 Å². The van der Waals surface area contributed by atoms with Gasteiger partial charge in [0.25, 0.3) is 0 Å². The van der Waals surface area contributed by atoms with Crippen LogP contribution in [0.15, 0.2) is 11.6 Å². The van der Waals surface area contributed by atoms with Crippen LogP contribution in [0.1, 0.15) is 59.8 Å². The summed E-state index contributed by atoms with van der Waals surface area (Å²) in [5.74, 6) is 0.994. The smallest absolute Gasteiger partial charge is 0.0320 e. The van der Waals surface area contributed by atoms with E-state index in [4.69, 9.17) is 0 Å². The molecule has 0 heteroatoms. The van der Waals surface area contributed by atoms with E-state index in [1.165, 1.54) is 32.1 Å². The van der Waals surface area contributed by atoms with Crippen molar-refractivity contribution in [2.75, 3.05) is 0 Å². The fraction of sp³-hybridized carbons (Fsp3) is 0.833. The number of rotatable bonds is 1. The second-order valence-corrected chi connectivity index (χ2v) is 3.81. The van der Waals surface area contributed by atoms with E-state index in [2.05, 4.69) is 33.8 Å². The normalized spacial score (nSPS) is 22.3. The van der Waals surface area contributed by atoms with Crippen molar-refractivity contribution < 1.29 is 0 Å². The predicted octanol–water partition coefficient (Wildman–Crippen LogP) is 4.56. The fourth-order valence-corrected chi connectivity index (χ4v) is 1.39. The maximum Gasteiger partial charge on any atom is -0.0320 e. The van der Waals surface area contributed by atoms with Crippen molar-refractivity contribution >= 4 is 0 Å². The summed E-state index contributed by atoms with van der Waals surface area (Å²) in [5.41, 5.74) is 1.60. The minimum absolute atomic E-state index is 0.994. The van der Waals surface area contributed by atoms with Gasteiger partial charge in [0.2, 0.25) is 0 Å². The zero-order valence-electron chi connectivity index (χ0n) is 9.19. The monoisotopic (exact) mass is 168 g/mol. The predicted molar refractivity (Wildman–Crippen MR) is 57.4 cm³/mol. The van der Waals surface area contributed by atoms with E-state index >= 15 is 0 Å². The Morgan fingerprint density at radius 2 is 1.92 bits per heavy atom. The minimum Gasteiger partial charge on any atom is -0.0853 e. The van der Waals surface area contributed by atoms with Crippen LogP contribution in [0.2, 0.25) is 0 Å². The molecule has 1 unspecified atom stereocenters. The Morgan fingerprint density at radius 1 is 1.33 bits per heavy atom. The highest BCUT2D eigenvalue weighted by Crippen LogP contribution is 2.24. The van der Waals surface area contributed by atoms with E-state index in [0.717, 1.165) is 5.92 Å². The van der Waals surface area contributed by atoms with Gasteiger partial charge < -0.3 is 0 Å². The maximum atomic E-state index is 2.40. The van der Waals surface area contributed by atoms with Gasteiger partial charge in [-0.2, -0.15) is 0 Å². The minimum atomic E-state index is 0.994. The van der Waals surface area contributed by atoms with Crippen LogP contribution in [0, 0.1) is 5.92 Å². The zero-order valence-corrected chi connectivity index (χ0v) is 9.19. The first-order chi connectivity index (χ1) is 5.74. The average molecular weight is 168 g/mol. The van der Waals surface area contributed by atoms with Crippen LogP contribution >= 0.6 is 0 Å². The van der Waals surface area contributed by atoms with Crippen LogP contribution in [0.4, 0.5) is 0 Å². The van der Waals surface area contributed by atoms with E-state index in [0.29, 0.717) is 0 Å². The third-order valence-electron chi connectivity index (χ3n) is 2.32. The topological polar surface area (TPSA) is 0 Å². The summed E-state index contributed by atoms with van der Waals surface area (Å²) in [6, 6.07) is 0. The van der Waals surface area contributed by atoms with Gasteiger partial charge >= 0.3 is 0 Å². The maximum absolute atomic E-state index is 2.40. The molecule has 0 aromatic carbocycles. The highest BCUT2D eigenvalue weighted by Gasteiger charge is 2.08. The van der Waals surface area contributed by atoms with Gasteiger partial charge in [-0.05, 0) is 32.1 Å². The fourth-order valence-electron chi connectivity index (χ4n) is 1.39. The zero-order chi connectivity index (χ0) is 9.40. The highest BCUT2D eigenvalue weighted by molar-refractivity contribution is 5.02. The van der Waals surface area contributed by atoms with Crippen LogP contribution in [-0.2, 0) is 0 Å². The molecule has 12 heavy (non-hydrogen) atoms. The van der Waals surface area contributed by atoms with Crippen molar-refractivity contribution in [2.45, 2.75) is 59.8 Å². The van der Waals surface area contributed by atoms with Crippen molar-refractivity contribution in [3.05, 3.63) is 11.6 Å². The SMILES string of the molecule is CCC.CCC1CC=C(C)CC1. The Labute approximate surface area is 78.1 Å². The summed E-state index contributed by atoms with van der Waals surface area (Å²) in [6.45, 7) is 8.78. The average Bonchev–Trinajstić information content (AvgIpc) is 2.07. The molecule has 0 radical (unpaired) electrons. The van der Waals surface area contributed by atoms with Crippen LogP contribution in [-0.4, -0.2) is 0 Å². The van der Waals surface area contributed by atoms with Gasteiger partial charge in [0, 0.05) is 0 Å². The first-order valence-corrected chi connectivity index (χ1v) is 5.40. The Bertz CT molecular complexity index is 122. The molecule has 0 aliphatic heterocycles. The van der Waals surface area contributed by atoms with Crippen LogP contribution in [0.5, 0.6) is 0 Å². The highest BCUT2D eigenvalue weighted by atomic mass is 14.1. The molecule has 0 N–H and O–H groups in total. The Kier molecular flexibility index (Phi) is 7.23. The van der Waals surface area contributed by atoms with Crippen LogP contribution in [0.3, 0.4) is 0 Å². The van der Waals surface area contributed by atoms with E-state index in [1.54, 1.807) is 5.57 Å². The van der Waals surface area contributed by atoms with Gasteiger partial charge in [-0.3, -0.25) is 0 Å². The van der Waals surface area contributed by atoms with Crippen molar-refractivity contribution in [3.63, 3.8) is 0 Å². The molecule has 1 rings (SSSR count). The molecule has 0 spiro atoms. The standard InChI is InChI=1S/C9H16.C3H8/c1-3-9-6-4-8(2)5-7-9;1-3-2/h4,9H,3,5-7H2,1-2H3;3H2,1-2H3.